The fourth-order valence-electron chi connectivity index (χ4n) is 2.46. The van der Waals surface area contributed by atoms with Crippen LogP contribution in [-0.2, 0) is 32.2 Å². The number of benzene rings is 2. The summed E-state index contributed by atoms with van der Waals surface area (Å²) >= 11 is 0. The normalized spacial score (nSPS) is 12.0. The van der Waals surface area contributed by atoms with Crippen molar-refractivity contribution in [2.75, 3.05) is 6.61 Å². The van der Waals surface area contributed by atoms with Crippen molar-refractivity contribution in [1.82, 2.24) is 5.32 Å². The van der Waals surface area contributed by atoms with Crippen LogP contribution in [0.5, 0.6) is 0 Å². The van der Waals surface area contributed by atoms with Gasteiger partial charge < -0.3 is 19.5 Å². The number of non-ortho nitro benzene ring substituents is 1. The molecule has 0 spiro atoms. The molecule has 0 saturated heterocycles. The van der Waals surface area contributed by atoms with Gasteiger partial charge in [0, 0.05) is 12.1 Å². The highest BCUT2D eigenvalue weighted by molar-refractivity contribution is 5.81. The Morgan fingerprint density at radius 2 is 1.61 bits per heavy atom. The van der Waals surface area contributed by atoms with E-state index in [1.54, 1.807) is 20.8 Å². The van der Waals surface area contributed by atoms with Gasteiger partial charge in [-0.05, 0) is 44.0 Å². The Labute approximate surface area is 180 Å². The molecule has 1 N–H and O–H groups in total. The molecule has 2 aromatic rings. The predicted octanol–water partition coefficient (Wildman–Crippen LogP) is 3.75. The number of hydrogen-bond acceptors (Lipinski definition) is 7. The summed E-state index contributed by atoms with van der Waals surface area (Å²) in [5.74, 6) is -0.711. The number of nitrogens with zero attached hydrogens (tertiary/aromatic N) is 1. The van der Waals surface area contributed by atoms with E-state index < -0.39 is 28.6 Å². The summed E-state index contributed by atoms with van der Waals surface area (Å²) < 4.78 is 16.1. The first-order valence-electron chi connectivity index (χ1n) is 9.65. The van der Waals surface area contributed by atoms with Crippen LogP contribution in [0, 0.1) is 10.1 Å². The molecule has 0 aliphatic heterocycles. The fraction of sp³-hybridized carbons (Fsp3) is 0.364. The van der Waals surface area contributed by atoms with E-state index in [9.17, 15) is 19.7 Å². The maximum Gasteiger partial charge on any atom is 0.408 e. The van der Waals surface area contributed by atoms with Crippen LogP contribution in [0.2, 0.25) is 0 Å². The highest BCUT2D eigenvalue weighted by Crippen LogP contribution is 2.13. The number of rotatable bonds is 9. The lowest BCUT2D eigenvalue weighted by atomic mass is 10.2. The summed E-state index contributed by atoms with van der Waals surface area (Å²) in [7, 11) is 0. The number of nitro benzene ring substituents is 1. The molecule has 9 heteroatoms. The molecule has 0 fully saturated rings. The van der Waals surface area contributed by atoms with E-state index in [0.29, 0.717) is 5.56 Å². The molecule has 2 aromatic carbocycles. The first-order valence-corrected chi connectivity index (χ1v) is 9.65. The van der Waals surface area contributed by atoms with E-state index in [4.69, 9.17) is 14.2 Å². The first kappa shape index (κ1) is 23.8. The van der Waals surface area contributed by atoms with E-state index in [1.165, 1.54) is 24.3 Å². The van der Waals surface area contributed by atoms with Crippen LogP contribution in [0.15, 0.2) is 54.6 Å². The molecule has 0 unspecified atom stereocenters. The van der Waals surface area contributed by atoms with E-state index >= 15 is 0 Å². The van der Waals surface area contributed by atoms with Gasteiger partial charge in [-0.3, -0.25) is 10.1 Å². The van der Waals surface area contributed by atoms with Crippen molar-refractivity contribution in [3.8, 4) is 0 Å². The lowest BCUT2D eigenvalue weighted by molar-refractivity contribution is -0.384. The molecule has 0 radical (unpaired) electrons. The third kappa shape index (κ3) is 8.83. The van der Waals surface area contributed by atoms with Crippen LogP contribution in [0.3, 0.4) is 0 Å². The van der Waals surface area contributed by atoms with Gasteiger partial charge in [-0.2, -0.15) is 0 Å². The number of nitro groups is 1. The molecule has 0 aliphatic carbocycles. The van der Waals surface area contributed by atoms with Crippen molar-refractivity contribution >= 4 is 17.7 Å². The van der Waals surface area contributed by atoms with Crippen LogP contribution in [0.1, 0.15) is 31.9 Å². The standard InChI is InChI=1S/C22H26N2O7/c1-22(2,3)31-21(26)23-19(15-29-13-16-7-5-4-6-8-16)20(25)30-14-17-9-11-18(12-10-17)24(27)28/h4-12,19H,13-15H2,1-3H3,(H,23,26)/t19-/m0/s1. The van der Waals surface area contributed by atoms with E-state index in [-0.39, 0.29) is 25.5 Å². The summed E-state index contributed by atoms with van der Waals surface area (Å²) in [6.07, 6.45) is -0.770. The van der Waals surface area contributed by atoms with Gasteiger partial charge in [0.2, 0.25) is 0 Å². The largest absolute Gasteiger partial charge is 0.459 e. The number of amides is 1. The minimum absolute atomic E-state index is 0.0612. The zero-order valence-corrected chi connectivity index (χ0v) is 17.7. The molecule has 1 atom stereocenters. The van der Waals surface area contributed by atoms with Crippen molar-refractivity contribution in [1.29, 1.82) is 0 Å². The minimum Gasteiger partial charge on any atom is -0.459 e. The maximum atomic E-state index is 12.6. The summed E-state index contributed by atoms with van der Waals surface area (Å²) in [6, 6.07) is 13.9. The molecule has 0 aromatic heterocycles. The van der Waals surface area contributed by atoms with Gasteiger partial charge >= 0.3 is 12.1 Å². The van der Waals surface area contributed by atoms with Gasteiger partial charge in [-0.1, -0.05) is 30.3 Å². The zero-order valence-electron chi connectivity index (χ0n) is 17.7. The average molecular weight is 430 g/mol. The van der Waals surface area contributed by atoms with Crippen LogP contribution in [-0.4, -0.2) is 35.2 Å². The third-order valence-corrected chi connectivity index (χ3v) is 3.90. The molecule has 31 heavy (non-hydrogen) atoms. The predicted molar refractivity (Wildman–Crippen MR) is 112 cm³/mol. The Kier molecular flexibility index (Phi) is 8.51. The molecule has 9 nitrogen and oxygen atoms in total. The van der Waals surface area contributed by atoms with Crippen LogP contribution >= 0.6 is 0 Å². The zero-order chi connectivity index (χ0) is 22.9. The number of hydrogen-bond donors (Lipinski definition) is 1. The molecule has 0 bridgehead atoms. The van der Waals surface area contributed by atoms with Gasteiger partial charge in [0.15, 0.2) is 6.04 Å². The molecule has 2 rings (SSSR count). The lowest BCUT2D eigenvalue weighted by Crippen LogP contribution is -2.46. The van der Waals surface area contributed by atoms with Gasteiger partial charge in [-0.15, -0.1) is 0 Å². The Morgan fingerprint density at radius 1 is 1.00 bits per heavy atom. The summed E-state index contributed by atoms with van der Waals surface area (Å²) in [5, 5.41) is 13.2. The quantitative estimate of drug-likeness (QED) is 0.366. The van der Waals surface area contributed by atoms with Crippen molar-refractivity contribution in [3.63, 3.8) is 0 Å². The van der Waals surface area contributed by atoms with Crippen molar-refractivity contribution in [2.45, 2.75) is 45.6 Å². The van der Waals surface area contributed by atoms with Crippen LogP contribution < -0.4 is 5.32 Å². The number of ether oxygens (including phenoxy) is 3. The smallest absolute Gasteiger partial charge is 0.408 e. The Hall–Kier alpha value is -3.46. The van der Waals surface area contributed by atoms with Crippen molar-refractivity contribution < 1.29 is 28.7 Å². The molecule has 0 heterocycles. The number of alkyl carbamates (subject to hydrolysis) is 1. The summed E-state index contributed by atoms with van der Waals surface area (Å²) in [4.78, 5) is 34.9. The second kappa shape index (κ2) is 11.1. The van der Waals surface area contributed by atoms with E-state index in [1.807, 2.05) is 30.3 Å². The van der Waals surface area contributed by atoms with Gasteiger partial charge in [0.05, 0.1) is 18.1 Å². The molecular weight excluding hydrogens is 404 g/mol. The van der Waals surface area contributed by atoms with Gasteiger partial charge in [-0.25, -0.2) is 9.59 Å². The molecule has 1 amide bonds. The maximum absolute atomic E-state index is 12.6. The number of esters is 1. The summed E-state index contributed by atoms with van der Waals surface area (Å²) in [6.45, 7) is 5.15. The van der Waals surface area contributed by atoms with E-state index in [2.05, 4.69) is 5.32 Å². The highest BCUT2D eigenvalue weighted by atomic mass is 16.6. The monoisotopic (exact) mass is 430 g/mol. The van der Waals surface area contributed by atoms with E-state index in [0.717, 1.165) is 5.56 Å². The lowest BCUT2D eigenvalue weighted by Gasteiger charge is -2.23. The Morgan fingerprint density at radius 3 is 2.19 bits per heavy atom. The Balaban J connectivity index is 1.96. The topological polar surface area (TPSA) is 117 Å². The third-order valence-electron chi connectivity index (χ3n) is 3.90. The fourth-order valence-corrected chi connectivity index (χ4v) is 2.46. The van der Waals surface area contributed by atoms with Crippen LogP contribution in [0.25, 0.3) is 0 Å². The van der Waals surface area contributed by atoms with Crippen molar-refractivity contribution in [3.05, 3.63) is 75.8 Å². The molecule has 0 saturated carbocycles. The van der Waals surface area contributed by atoms with Crippen LogP contribution in [0.4, 0.5) is 10.5 Å². The number of carbonyl (C=O) groups excluding carboxylic acids is 2. The van der Waals surface area contributed by atoms with Crippen molar-refractivity contribution in [2.24, 2.45) is 0 Å². The summed E-state index contributed by atoms with van der Waals surface area (Å²) in [5.41, 5.74) is 0.689. The minimum atomic E-state index is -1.09. The first-order chi connectivity index (χ1) is 14.6. The Bertz CT molecular complexity index is 877. The second-order valence-electron chi connectivity index (χ2n) is 7.73. The molecule has 166 valence electrons. The average Bonchev–Trinajstić information content (AvgIpc) is 2.71. The second-order valence-corrected chi connectivity index (χ2v) is 7.73. The molecule has 0 aliphatic rings. The molecular formula is C22H26N2O7. The highest BCUT2D eigenvalue weighted by Gasteiger charge is 2.26. The number of nitrogens with one attached hydrogen (secondary N) is 1. The van der Waals surface area contributed by atoms with Gasteiger partial charge in [0.1, 0.15) is 12.2 Å². The SMILES string of the molecule is CC(C)(C)OC(=O)N[C@@H](COCc1ccccc1)C(=O)OCc1ccc([N+](=O)[O-])cc1. The number of carbonyl (C=O) groups is 2. The van der Waals surface area contributed by atoms with Gasteiger partial charge in [0.25, 0.3) is 5.69 Å².